The Balaban J connectivity index is 0.00000200. The number of nitrogens with one attached hydrogen (secondary N) is 1. The van der Waals surface area contributed by atoms with Crippen LogP contribution < -0.4 is 10.5 Å². The molecule has 0 atom stereocenters. The minimum atomic E-state index is -0.423. The molecule has 6 heteroatoms. The van der Waals surface area contributed by atoms with E-state index in [0.717, 1.165) is 0 Å². The number of ether oxygens (including phenoxy) is 1. The smallest absolute Gasteiger partial charge is 0.131 e. The Bertz CT molecular complexity index is 600. The number of rotatable bonds is 4. The van der Waals surface area contributed by atoms with Crippen molar-refractivity contribution in [2.24, 2.45) is 5.73 Å². The number of halogens is 3. The molecule has 0 aromatic heterocycles. The number of amidine groups is 1. The first kappa shape index (κ1) is 16.3. The van der Waals surface area contributed by atoms with Crippen molar-refractivity contribution in [3.05, 3.63) is 64.4 Å². The first-order valence-corrected chi connectivity index (χ1v) is 5.96. The average molecular weight is 315 g/mol. The summed E-state index contributed by atoms with van der Waals surface area (Å²) < 4.78 is 19.1. The van der Waals surface area contributed by atoms with Crippen molar-refractivity contribution in [1.29, 1.82) is 5.41 Å². The SMILES string of the molecule is Cl.N=C(N)c1ccccc1OCc1c(F)cccc1Cl. The number of nitrogen functional groups attached to an aromatic ring is 1. The monoisotopic (exact) mass is 314 g/mol. The predicted molar refractivity (Wildman–Crippen MR) is 80.4 cm³/mol. The lowest BCUT2D eigenvalue weighted by molar-refractivity contribution is 0.299. The fraction of sp³-hybridized carbons (Fsp3) is 0.0714. The van der Waals surface area contributed by atoms with Gasteiger partial charge in [-0.15, -0.1) is 12.4 Å². The molecule has 0 aliphatic carbocycles. The average Bonchev–Trinajstić information content (AvgIpc) is 2.38. The zero-order chi connectivity index (χ0) is 13.8. The lowest BCUT2D eigenvalue weighted by Gasteiger charge is -2.11. The molecule has 106 valence electrons. The Kier molecular flexibility index (Phi) is 5.80. The second kappa shape index (κ2) is 7.12. The summed E-state index contributed by atoms with van der Waals surface area (Å²) in [6.45, 7) is -0.0181. The van der Waals surface area contributed by atoms with Crippen LogP contribution in [0.5, 0.6) is 5.75 Å². The lowest BCUT2D eigenvalue weighted by atomic mass is 10.2. The Morgan fingerprint density at radius 3 is 2.55 bits per heavy atom. The largest absolute Gasteiger partial charge is 0.488 e. The summed E-state index contributed by atoms with van der Waals surface area (Å²) in [5, 5.41) is 7.75. The molecule has 0 aliphatic heterocycles. The number of benzene rings is 2. The second-order valence-electron chi connectivity index (χ2n) is 3.90. The molecule has 0 fully saturated rings. The molecular formula is C14H13Cl2FN2O. The highest BCUT2D eigenvalue weighted by Gasteiger charge is 2.10. The Morgan fingerprint density at radius 2 is 1.90 bits per heavy atom. The van der Waals surface area contributed by atoms with Gasteiger partial charge in [0, 0.05) is 5.56 Å². The van der Waals surface area contributed by atoms with Crippen molar-refractivity contribution >= 4 is 29.8 Å². The van der Waals surface area contributed by atoms with Crippen molar-refractivity contribution in [3.63, 3.8) is 0 Å². The van der Waals surface area contributed by atoms with Crippen LogP contribution in [0.2, 0.25) is 5.02 Å². The predicted octanol–water partition coefficient (Wildman–Crippen LogP) is 3.76. The van der Waals surface area contributed by atoms with Crippen LogP contribution in [-0.2, 0) is 6.61 Å². The summed E-state index contributed by atoms with van der Waals surface area (Å²) in [4.78, 5) is 0. The lowest BCUT2D eigenvalue weighted by Crippen LogP contribution is -2.13. The van der Waals surface area contributed by atoms with Crippen molar-refractivity contribution < 1.29 is 9.13 Å². The van der Waals surface area contributed by atoms with Gasteiger partial charge in [-0.05, 0) is 24.3 Å². The highest BCUT2D eigenvalue weighted by Crippen LogP contribution is 2.23. The van der Waals surface area contributed by atoms with Crippen LogP contribution in [0.15, 0.2) is 42.5 Å². The number of para-hydroxylation sites is 1. The molecule has 2 aromatic rings. The molecule has 3 N–H and O–H groups in total. The van der Waals surface area contributed by atoms with Gasteiger partial charge in [-0.25, -0.2) is 4.39 Å². The molecule has 0 saturated heterocycles. The van der Waals surface area contributed by atoms with Gasteiger partial charge in [0.1, 0.15) is 24.0 Å². The van der Waals surface area contributed by atoms with E-state index in [4.69, 9.17) is 27.5 Å². The van der Waals surface area contributed by atoms with E-state index < -0.39 is 5.82 Å². The van der Waals surface area contributed by atoms with E-state index in [0.29, 0.717) is 16.3 Å². The van der Waals surface area contributed by atoms with Gasteiger partial charge in [-0.3, -0.25) is 5.41 Å². The summed E-state index contributed by atoms with van der Waals surface area (Å²) in [7, 11) is 0. The van der Waals surface area contributed by atoms with Crippen molar-refractivity contribution in [1.82, 2.24) is 0 Å². The van der Waals surface area contributed by atoms with Gasteiger partial charge in [-0.2, -0.15) is 0 Å². The second-order valence-corrected chi connectivity index (χ2v) is 4.31. The molecule has 0 aliphatic rings. The van der Waals surface area contributed by atoms with Crippen LogP contribution in [0, 0.1) is 11.2 Å². The molecule has 0 radical (unpaired) electrons. The van der Waals surface area contributed by atoms with Gasteiger partial charge in [0.05, 0.1) is 10.6 Å². The fourth-order valence-electron chi connectivity index (χ4n) is 1.64. The van der Waals surface area contributed by atoms with E-state index in [2.05, 4.69) is 0 Å². The molecule has 0 bridgehead atoms. The van der Waals surface area contributed by atoms with Gasteiger partial charge in [-0.1, -0.05) is 29.8 Å². The van der Waals surface area contributed by atoms with Crippen LogP contribution in [0.1, 0.15) is 11.1 Å². The minimum Gasteiger partial charge on any atom is -0.488 e. The van der Waals surface area contributed by atoms with Gasteiger partial charge in [0.25, 0.3) is 0 Å². The van der Waals surface area contributed by atoms with E-state index in [1.807, 2.05) is 0 Å². The zero-order valence-corrected chi connectivity index (χ0v) is 12.0. The number of nitrogens with two attached hydrogens (primary N) is 1. The molecule has 2 aromatic carbocycles. The van der Waals surface area contributed by atoms with Crippen LogP contribution in [0.4, 0.5) is 4.39 Å². The minimum absolute atomic E-state index is 0. The number of hydrogen-bond donors (Lipinski definition) is 2. The molecule has 20 heavy (non-hydrogen) atoms. The van der Waals surface area contributed by atoms with Crippen LogP contribution in [0.3, 0.4) is 0 Å². The summed E-state index contributed by atoms with van der Waals surface area (Å²) in [5.74, 6) is -0.0997. The van der Waals surface area contributed by atoms with Gasteiger partial charge >= 0.3 is 0 Å². The first-order valence-electron chi connectivity index (χ1n) is 5.58. The maximum atomic E-state index is 13.6. The Labute approximate surface area is 127 Å². The molecule has 0 saturated carbocycles. The van der Waals surface area contributed by atoms with Crippen LogP contribution in [0.25, 0.3) is 0 Å². The third-order valence-electron chi connectivity index (χ3n) is 2.61. The molecule has 0 spiro atoms. The maximum absolute atomic E-state index is 13.6. The van der Waals surface area contributed by atoms with Gasteiger partial charge in [0.15, 0.2) is 0 Å². The van der Waals surface area contributed by atoms with Crippen molar-refractivity contribution in [3.8, 4) is 5.75 Å². The molecular weight excluding hydrogens is 302 g/mol. The summed E-state index contributed by atoms with van der Waals surface area (Å²) in [5.41, 5.74) is 6.19. The molecule has 2 rings (SSSR count). The van der Waals surface area contributed by atoms with E-state index in [-0.39, 0.29) is 30.4 Å². The standard InChI is InChI=1S/C14H12ClFN2O.ClH/c15-11-5-3-6-12(16)10(11)8-19-13-7-2-1-4-9(13)14(17)18;/h1-7H,8H2,(H3,17,18);1H. The Morgan fingerprint density at radius 1 is 1.20 bits per heavy atom. The summed E-state index contributed by atoms with van der Waals surface area (Å²) >= 11 is 5.91. The summed E-state index contributed by atoms with van der Waals surface area (Å²) in [6, 6.07) is 11.3. The van der Waals surface area contributed by atoms with E-state index in [1.54, 1.807) is 30.3 Å². The molecule has 0 heterocycles. The van der Waals surface area contributed by atoms with E-state index in [1.165, 1.54) is 12.1 Å². The third-order valence-corrected chi connectivity index (χ3v) is 2.97. The van der Waals surface area contributed by atoms with E-state index in [9.17, 15) is 4.39 Å². The normalized spacial score (nSPS) is 9.70. The zero-order valence-electron chi connectivity index (χ0n) is 10.4. The quantitative estimate of drug-likeness (QED) is 0.666. The molecule has 0 amide bonds. The van der Waals surface area contributed by atoms with Crippen LogP contribution >= 0.6 is 24.0 Å². The highest BCUT2D eigenvalue weighted by atomic mass is 35.5. The van der Waals surface area contributed by atoms with Crippen LogP contribution in [-0.4, -0.2) is 5.84 Å². The Hall–Kier alpha value is -1.78. The van der Waals surface area contributed by atoms with Crippen molar-refractivity contribution in [2.75, 3.05) is 0 Å². The maximum Gasteiger partial charge on any atom is 0.131 e. The van der Waals surface area contributed by atoms with Crippen molar-refractivity contribution in [2.45, 2.75) is 6.61 Å². The molecule has 3 nitrogen and oxygen atoms in total. The van der Waals surface area contributed by atoms with Gasteiger partial charge < -0.3 is 10.5 Å². The van der Waals surface area contributed by atoms with E-state index >= 15 is 0 Å². The molecule has 0 unspecified atom stereocenters. The van der Waals surface area contributed by atoms with Gasteiger partial charge in [0.2, 0.25) is 0 Å². The fourth-order valence-corrected chi connectivity index (χ4v) is 1.85. The first-order chi connectivity index (χ1) is 9.09. The topological polar surface area (TPSA) is 59.1 Å². The number of hydrogen-bond acceptors (Lipinski definition) is 2. The highest BCUT2D eigenvalue weighted by molar-refractivity contribution is 6.31. The third kappa shape index (κ3) is 3.62. The summed E-state index contributed by atoms with van der Waals surface area (Å²) in [6.07, 6.45) is 0.